The molecule has 0 aliphatic rings. The summed E-state index contributed by atoms with van der Waals surface area (Å²) in [6.45, 7) is 9.39. The smallest absolute Gasteiger partial charge is 0.317 e. The van der Waals surface area contributed by atoms with Gasteiger partial charge in [-0.1, -0.05) is 32.9 Å². The Kier molecular flexibility index (Phi) is 8.24. The van der Waals surface area contributed by atoms with Gasteiger partial charge in [0, 0.05) is 25.1 Å². The van der Waals surface area contributed by atoms with Crippen LogP contribution in [0.15, 0.2) is 29.1 Å². The topological polar surface area (TPSA) is 87.3 Å². The number of amides is 2. The number of H-pyrrole nitrogens is 1. The van der Waals surface area contributed by atoms with Gasteiger partial charge in [-0.05, 0) is 37.0 Å². The first kappa shape index (κ1) is 22.5. The second-order valence-electron chi connectivity index (χ2n) is 7.43. The monoisotopic (exact) mass is 400 g/mol. The highest BCUT2D eigenvalue weighted by Gasteiger charge is 2.18. The molecular weight excluding hydrogens is 368 g/mol. The van der Waals surface area contributed by atoms with Crippen molar-refractivity contribution >= 4 is 6.03 Å². The second kappa shape index (κ2) is 10.6. The number of hydrogen-bond donors (Lipinski definition) is 2. The molecule has 0 radical (unpaired) electrons. The molecule has 1 heterocycles. The van der Waals surface area contributed by atoms with Gasteiger partial charge in [-0.2, -0.15) is 0 Å². The highest BCUT2D eigenvalue weighted by atomic mass is 16.5. The van der Waals surface area contributed by atoms with Crippen LogP contribution in [0, 0.1) is 5.92 Å². The Morgan fingerprint density at radius 2 is 1.93 bits per heavy atom. The van der Waals surface area contributed by atoms with Crippen molar-refractivity contribution < 1.29 is 9.53 Å². The van der Waals surface area contributed by atoms with Crippen LogP contribution < -0.4 is 15.6 Å². The molecule has 2 rings (SSSR count). The van der Waals surface area contributed by atoms with E-state index < -0.39 is 0 Å². The molecule has 1 aromatic carbocycles. The lowest BCUT2D eigenvalue weighted by molar-refractivity contribution is 0.186. The average Bonchev–Trinajstić information content (AvgIpc) is 2.69. The third kappa shape index (κ3) is 6.34. The van der Waals surface area contributed by atoms with Gasteiger partial charge in [0.05, 0.1) is 19.3 Å². The van der Waals surface area contributed by atoms with Crippen LogP contribution in [0.3, 0.4) is 0 Å². The number of carbonyl (C=O) groups excluding carboxylic acids is 1. The number of nitrogens with zero attached hydrogens (tertiary/aromatic N) is 2. The number of aromatic amines is 1. The van der Waals surface area contributed by atoms with Crippen LogP contribution in [0.5, 0.6) is 5.75 Å². The van der Waals surface area contributed by atoms with E-state index in [1.54, 1.807) is 12.0 Å². The molecular formula is C22H32N4O3. The third-order valence-corrected chi connectivity index (χ3v) is 4.57. The van der Waals surface area contributed by atoms with Gasteiger partial charge in [-0.15, -0.1) is 0 Å². The van der Waals surface area contributed by atoms with Crippen LogP contribution in [0.25, 0.3) is 0 Å². The number of aryl methyl sites for hydroxylation is 1. The first-order valence-electron chi connectivity index (χ1n) is 10.1. The first-order valence-corrected chi connectivity index (χ1v) is 10.1. The normalized spacial score (nSPS) is 10.8. The highest BCUT2D eigenvalue weighted by Crippen LogP contribution is 2.15. The molecule has 29 heavy (non-hydrogen) atoms. The number of nitrogens with one attached hydrogen (secondary N) is 2. The minimum Gasteiger partial charge on any atom is -0.497 e. The van der Waals surface area contributed by atoms with E-state index in [-0.39, 0.29) is 18.1 Å². The lowest BCUT2D eigenvalue weighted by atomic mass is 10.0. The minimum absolute atomic E-state index is 0.149. The zero-order valence-electron chi connectivity index (χ0n) is 18.0. The number of methoxy groups -OCH3 is 1. The fourth-order valence-electron chi connectivity index (χ4n) is 3.20. The van der Waals surface area contributed by atoms with Crippen molar-refractivity contribution in [1.82, 2.24) is 20.2 Å². The molecule has 0 fully saturated rings. The lowest BCUT2D eigenvalue weighted by Crippen LogP contribution is -2.42. The van der Waals surface area contributed by atoms with Crippen molar-refractivity contribution in [2.45, 2.75) is 47.1 Å². The number of hydrogen-bond acceptors (Lipinski definition) is 4. The van der Waals surface area contributed by atoms with Gasteiger partial charge in [0.15, 0.2) is 0 Å². The fraction of sp³-hybridized carbons (Fsp3) is 0.500. The summed E-state index contributed by atoms with van der Waals surface area (Å²) in [6.07, 6.45) is 1.15. The summed E-state index contributed by atoms with van der Waals surface area (Å²) < 4.78 is 5.19. The Balaban J connectivity index is 2.27. The van der Waals surface area contributed by atoms with Gasteiger partial charge in [-0.25, -0.2) is 9.78 Å². The van der Waals surface area contributed by atoms with Crippen LogP contribution in [-0.4, -0.2) is 41.1 Å². The van der Waals surface area contributed by atoms with Crippen LogP contribution in [-0.2, 0) is 19.4 Å². The van der Waals surface area contributed by atoms with Crippen LogP contribution in [0.1, 0.15) is 50.3 Å². The summed E-state index contributed by atoms with van der Waals surface area (Å²) in [6, 6.07) is 7.51. The minimum atomic E-state index is -0.150. The molecule has 0 aliphatic heterocycles. The highest BCUT2D eigenvalue weighted by molar-refractivity contribution is 5.74. The van der Waals surface area contributed by atoms with Crippen molar-refractivity contribution in [3.63, 3.8) is 0 Å². The molecule has 1 aromatic heterocycles. The summed E-state index contributed by atoms with van der Waals surface area (Å²) in [5, 5.41) is 2.82. The van der Waals surface area contributed by atoms with Crippen molar-refractivity contribution in [1.29, 1.82) is 0 Å². The predicted molar refractivity (Wildman–Crippen MR) is 114 cm³/mol. The maximum absolute atomic E-state index is 12.8. The van der Waals surface area contributed by atoms with Crippen molar-refractivity contribution in [2.24, 2.45) is 5.92 Å². The fourth-order valence-corrected chi connectivity index (χ4v) is 3.20. The number of carbonyl (C=O) groups is 1. The molecule has 0 spiro atoms. The van der Waals surface area contributed by atoms with E-state index in [4.69, 9.17) is 4.74 Å². The van der Waals surface area contributed by atoms with Crippen molar-refractivity contribution in [2.75, 3.05) is 20.2 Å². The molecule has 2 aromatic rings. The standard InChI is InChI=1S/C22H32N4O3/c1-6-19-18(12-16-8-10-17(29-5)11-9-16)21(27)25-20(24-19)14-26(13-15(3)4)22(28)23-7-2/h8-11,15H,6-7,12-14H2,1-5H3,(H,23,28)(H,24,25,27). The Hall–Kier alpha value is -2.83. The summed E-state index contributed by atoms with van der Waals surface area (Å²) in [7, 11) is 1.63. The molecule has 2 amide bonds. The molecule has 7 heteroatoms. The van der Waals surface area contributed by atoms with Gasteiger partial charge < -0.3 is 19.9 Å². The molecule has 158 valence electrons. The van der Waals surface area contributed by atoms with Crippen molar-refractivity contribution in [3.05, 3.63) is 57.3 Å². The largest absolute Gasteiger partial charge is 0.497 e. The number of benzene rings is 1. The van der Waals surface area contributed by atoms with Crippen molar-refractivity contribution in [3.8, 4) is 5.75 Å². The van der Waals surface area contributed by atoms with Crippen LogP contribution >= 0.6 is 0 Å². The average molecular weight is 401 g/mol. The molecule has 2 N–H and O–H groups in total. The molecule has 0 unspecified atom stereocenters. The summed E-state index contributed by atoms with van der Waals surface area (Å²) in [5.74, 6) is 1.60. The zero-order chi connectivity index (χ0) is 21.4. The molecule has 0 bridgehead atoms. The summed E-state index contributed by atoms with van der Waals surface area (Å²) in [5.41, 5.74) is 2.29. The second-order valence-corrected chi connectivity index (χ2v) is 7.43. The maximum Gasteiger partial charge on any atom is 0.317 e. The molecule has 0 saturated heterocycles. The van der Waals surface area contributed by atoms with E-state index >= 15 is 0 Å². The van der Waals surface area contributed by atoms with E-state index in [9.17, 15) is 9.59 Å². The number of urea groups is 1. The van der Waals surface area contributed by atoms with Crippen LogP contribution in [0.4, 0.5) is 4.79 Å². The molecule has 0 saturated carbocycles. The zero-order valence-corrected chi connectivity index (χ0v) is 18.0. The van der Waals surface area contributed by atoms with Crippen LogP contribution in [0.2, 0.25) is 0 Å². The van der Waals surface area contributed by atoms with Gasteiger partial charge in [-0.3, -0.25) is 4.79 Å². The van der Waals surface area contributed by atoms with Gasteiger partial charge in [0.25, 0.3) is 5.56 Å². The predicted octanol–water partition coefficient (Wildman–Crippen LogP) is 3.12. The van der Waals surface area contributed by atoms with E-state index in [2.05, 4.69) is 29.1 Å². The van der Waals surface area contributed by atoms with Gasteiger partial charge in [0.1, 0.15) is 11.6 Å². The maximum atomic E-state index is 12.8. The van der Waals surface area contributed by atoms with E-state index in [0.717, 1.165) is 17.0 Å². The quantitative estimate of drug-likeness (QED) is 0.677. The SMILES string of the molecule is CCNC(=O)N(Cc1nc(CC)c(Cc2ccc(OC)cc2)c(=O)[nH]1)CC(C)C. The summed E-state index contributed by atoms with van der Waals surface area (Å²) in [4.78, 5) is 34.4. The molecule has 7 nitrogen and oxygen atoms in total. The van der Waals surface area contributed by atoms with E-state index in [1.165, 1.54) is 0 Å². The van der Waals surface area contributed by atoms with Gasteiger partial charge in [0.2, 0.25) is 0 Å². The number of aromatic nitrogens is 2. The Morgan fingerprint density at radius 3 is 2.48 bits per heavy atom. The lowest BCUT2D eigenvalue weighted by Gasteiger charge is -2.24. The molecule has 0 aliphatic carbocycles. The first-order chi connectivity index (χ1) is 13.9. The molecule has 0 atom stereocenters. The van der Waals surface area contributed by atoms with E-state index in [1.807, 2.05) is 38.1 Å². The number of ether oxygens (including phenoxy) is 1. The van der Waals surface area contributed by atoms with E-state index in [0.29, 0.717) is 43.2 Å². The Bertz CT molecular complexity index is 859. The van der Waals surface area contributed by atoms with Gasteiger partial charge >= 0.3 is 6.03 Å². The summed E-state index contributed by atoms with van der Waals surface area (Å²) >= 11 is 0. The number of rotatable bonds is 9. The Morgan fingerprint density at radius 1 is 1.24 bits per heavy atom. The third-order valence-electron chi connectivity index (χ3n) is 4.57. The Labute approximate surface area is 172 Å².